The van der Waals surface area contributed by atoms with E-state index in [1.165, 1.54) is 45.2 Å². The van der Waals surface area contributed by atoms with Crippen LogP contribution in [0.1, 0.15) is 32.1 Å². The SMILES string of the molecule is Cl.Cl.NC1CCN(C2CCC2)CC1. The number of hydrogen-bond donors (Lipinski definition) is 1. The third kappa shape index (κ3) is 3.28. The minimum atomic E-state index is 0. The van der Waals surface area contributed by atoms with Gasteiger partial charge in [-0.1, -0.05) is 6.42 Å². The fourth-order valence-electron chi connectivity index (χ4n) is 2.04. The van der Waals surface area contributed by atoms with E-state index in [1.807, 2.05) is 0 Å². The van der Waals surface area contributed by atoms with Gasteiger partial charge >= 0.3 is 0 Å². The molecule has 13 heavy (non-hydrogen) atoms. The van der Waals surface area contributed by atoms with Gasteiger partial charge in [-0.3, -0.25) is 0 Å². The van der Waals surface area contributed by atoms with Crippen molar-refractivity contribution in [2.75, 3.05) is 13.1 Å². The van der Waals surface area contributed by atoms with Gasteiger partial charge in [-0.25, -0.2) is 0 Å². The zero-order chi connectivity index (χ0) is 7.68. The fourth-order valence-corrected chi connectivity index (χ4v) is 2.04. The summed E-state index contributed by atoms with van der Waals surface area (Å²) in [6, 6.07) is 1.42. The van der Waals surface area contributed by atoms with Gasteiger partial charge in [0.15, 0.2) is 0 Å². The number of nitrogens with two attached hydrogens (primary N) is 1. The number of piperidine rings is 1. The summed E-state index contributed by atoms with van der Waals surface area (Å²) in [6.45, 7) is 2.51. The van der Waals surface area contributed by atoms with Crippen LogP contribution in [0.25, 0.3) is 0 Å². The summed E-state index contributed by atoms with van der Waals surface area (Å²) >= 11 is 0. The normalized spacial score (nSPS) is 25.6. The summed E-state index contributed by atoms with van der Waals surface area (Å²) in [5.74, 6) is 0. The lowest BCUT2D eigenvalue weighted by molar-refractivity contribution is 0.0983. The van der Waals surface area contributed by atoms with Crippen molar-refractivity contribution in [2.24, 2.45) is 5.73 Å². The Morgan fingerprint density at radius 1 is 0.923 bits per heavy atom. The zero-order valence-corrected chi connectivity index (χ0v) is 9.58. The molecule has 4 heteroatoms. The average Bonchev–Trinajstić information content (AvgIpc) is 1.90. The fraction of sp³-hybridized carbons (Fsp3) is 1.00. The topological polar surface area (TPSA) is 29.3 Å². The van der Waals surface area contributed by atoms with E-state index in [9.17, 15) is 0 Å². The van der Waals surface area contributed by atoms with Gasteiger partial charge in [0.25, 0.3) is 0 Å². The molecule has 0 aromatic carbocycles. The lowest BCUT2D eigenvalue weighted by atomic mass is 9.89. The van der Waals surface area contributed by atoms with E-state index in [0.29, 0.717) is 6.04 Å². The van der Waals surface area contributed by atoms with Crippen molar-refractivity contribution in [1.82, 2.24) is 4.90 Å². The molecule has 0 atom stereocenters. The van der Waals surface area contributed by atoms with Gasteiger partial charge in [-0.15, -0.1) is 24.8 Å². The highest BCUT2D eigenvalue weighted by molar-refractivity contribution is 5.85. The second-order valence-corrected chi connectivity index (χ2v) is 3.96. The van der Waals surface area contributed by atoms with Gasteiger partial charge < -0.3 is 10.6 Å². The molecule has 2 nitrogen and oxygen atoms in total. The van der Waals surface area contributed by atoms with E-state index in [-0.39, 0.29) is 24.8 Å². The van der Waals surface area contributed by atoms with Crippen LogP contribution in [0.3, 0.4) is 0 Å². The molecule has 1 saturated carbocycles. The van der Waals surface area contributed by atoms with E-state index in [0.717, 1.165) is 6.04 Å². The van der Waals surface area contributed by atoms with Crippen molar-refractivity contribution < 1.29 is 0 Å². The van der Waals surface area contributed by atoms with E-state index in [2.05, 4.69) is 4.90 Å². The van der Waals surface area contributed by atoms with Crippen LogP contribution in [0.15, 0.2) is 0 Å². The molecule has 2 fully saturated rings. The molecule has 2 aliphatic rings. The summed E-state index contributed by atoms with van der Waals surface area (Å²) in [7, 11) is 0. The van der Waals surface area contributed by atoms with Crippen molar-refractivity contribution in [3.8, 4) is 0 Å². The van der Waals surface area contributed by atoms with Gasteiger partial charge in [0.05, 0.1) is 0 Å². The van der Waals surface area contributed by atoms with E-state index >= 15 is 0 Å². The number of rotatable bonds is 1. The quantitative estimate of drug-likeness (QED) is 0.740. The first-order chi connectivity index (χ1) is 5.36. The first kappa shape index (κ1) is 13.5. The summed E-state index contributed by atoms with van der Waals surface area (Å²) in [5, 5.41) is 0. The molecular formula is C9H20Cl2N2. The third-order valence-corrected chi connectivity index (χ3v) is 3.17. The second kappa shape index (κ2) is 6.07. The van der Waals surface area contributed by atoms with Crippen LogP contribution < -0.4 is 5.73 Å². The molecule has 1 aliphatic heterocycles. The Kier molecular flexibility index (Phi) is 6.31. The number of hydrogen-bond acceptors (Lipinski definition) is 2. The van der Waals surface area contributed by atoms with E-state index in [4.69, 9.17) is 5.73 Å². The number of likely N-dealkylation sites (tertiary alicyclic amines) is 1. The first-order valence-corrected chi connectivity index (χ1v) is 4.86. The maximum Gasteiger partial charge on any atom is 0.00952 e. The summed E-state index contributed by atoms with van der Waals surface area (Å²) in [6.07, 6.45) is 6.77. The van der Waals surface area contributed by atoms with Gasteiger partial charge in [0, 0.05) is 12.1 Å². The lowest BCUT2D eigenvalue weighted by Gasteiger charge is -2.41. The Balaban J connectivity index is 0.000000720. The summed E-state index contributed by atoms with van der Waals surface area (Å²) < 4.78 is 0. The monoisotopic (exact) mass is 226 g/mol. The molecule has 0 radical (unpaired) electrons. The smallest absolute Gasteiger partial charge is 0.00952 e. The van der Waals surface area contributed by atoms with Crippen LogP contribution >= 0.6 is 24.8 Å². The highest BCUT2D eigenvalue weighted by Gasteiger charge is 2.27. The van der Waals surface area contributed by atoms with Crippen molar-refractivity contribution >= 4 is 24.8 Å². The maximum absolute atomic E-state index is 5.83. The van der Waals surface area contributed by atoms with E-state index in [1.54, 1.807) is 0 Å². The minimum absolute atomic E-state index is 0. The highest BCUT2D eigenvalue weighted by atomic mass is 35.5. The molecule has 1 heterocycles. The van der Waals surface area contributed by atoms with Crippen molar-refractivity contribution in [3.05, 3.63) is 0 Å². The van der Waals surface area contributed by atoms with Crippen LogP contribution in [0.2, 0.25) is 0 Å². The maximum atomic E-state index is 5.83. The molecule has 0 amide bonds. The number of nitrogens with zero attached hydrogens (tertiary/aromatic N) is 1. The third-order valence-electron chi connectivity index (χ3n) is 3.17. The van der Waals surface area contributed by atoms with Crippen LogP contribution in [-0.2, 0) is 0 Å². The standard InChI is InChI=1S/C9H18N2.2ClH/c10-8-4-6-11(7-5-8)9-2-1-3-9;;/h8-9H,1-7,10H2;2*1H. The highest BCUT2D eigenvalue weighted by Crippen LogP contribution is 2.26. The van der Waals surface area contributed by atoms with E-state index < -0.39 is 0 Å². The molecule has 0 aromatic heterocycles. The van der Waals surface area contributed by atoms with Gasteiger partial charge in [-0.2, -0.15) is 0 Å². The minimum Gasteiger partial charge on any atom is -0.328 e. The molecule has 2 N–H and O–H groups in total. The zero-order valence-electron chi connectivity index (χ0n) is 7.95. The lowest BCUT2D eigenvalue weighted by Crippen LogP contribution is -2.47. The second-order valence-electron chi connectivity index (χ2n) is 3.96. The van der Waals surface area contributed by atoms with Crippen LogP contribution in [0.5, 0.6) is 0 Å². The number of halogens is 2. The summed E-state index contributed by atoms with van der Waals surface area (Å²) in [5.41, 5.74) is 5.83. The molecule has 1 saturated heterocycles. The van der Waals surface area contributed by atoms with Crippen molar-refractivity contribution in [1.29, 1.82) is 0 Å². The molecule has 0 unspecified atom stereocenters. The molecule has 0 bridgehead atoms. The summed E-state index contributed by atoms with van der Waals surface area (Å²) in [4.78, 5) is 2.63. The van der Waals surface area contributed by atoms with Gasteiger partial charge in [0.1, 0.15) is 0 Å². The van der Waals surface area contributed by atoms with Gasteiger partial charge in [0.2, 0.25) is 0 Å². The molecular weight excluding hydrogens is 207 g/mol. The molecule has 1 aliphatic carbocycles. The Morgan fingerprint density at radius 3 is 1.85 bits per heavy atom. The van der Waals surface area contributed by atoms with Crippen LogP contribution in [-0.4, -0.2) is 30.1 Å². The molecule has 80 valence electrons. The Labute approximate surface area is 93.1 Å². The van der Waals surface area contributed by atoms with Gasteiger partial charge in [-0.05, 0) is 38.8 Å². The van der Waals surface area contributed by atoms with Crippen molar-refractivity contribution in [2.45, 2.75) is 44.2 Å². The Morgan fingerprint density at radius 2 is 1.46 bits per heavy atom. The Bertz CT molecular complexity index is 132. The first-order valence-electron chi connectivity index (χ1n) is 4.86. The largest absolute Gasteiger partial charge is 0.328 e. The predicted octanol–water partition coefficient (Wildman–Crippen LogP) is 1.81. The molecule has 2 rings (SSSR count). The molecule has 0 spiro atoms. The van der Waals surface area contributed by atoms with Crippen LogP contribution in [0, 0.1) is 0 Å². The predicted molar refractivity (Wildman–Crippen MR) is 60.9 cm³/mol. The van der Waals surface area contributed by atoms with Crippen molar-refractivity contribution in [3.63, 3.8) is 0 Å². The Hall–Kier alpha value is 0.500. The van der Waals surface area contributed by atoms with Crippen LogP contribution in [0.4, 0.5) is 0 Å². The average molecular weight is 227 g/mol. The molecule has 0 aromatic rings.